The molecular weight excluding hydrogens is 459 g/mol. The van der Waals surface area contributed by atoms with Crippen molar-refractivity contribution in [3.63, 3.8) is 0 Å². The molecule has 0 spiro atoms. The summed E-state index contributed by atoms with van der Waals surface area (Å²) in [6, 6.07) is 10.5. The fourth-order valence-corrected chi connectivity index (χ4v) is 4.18. The second kappa shape index (κ2) is 12.6. The first kappa shape index (κ1) is 26.6. The van der Waals surface area contributed by atoms with Crippen LogP contribution in [0.4, 0.5) is 13.2 Å². The van der Waals surface area contributed by atoms with Crippen molar-refractivity contribution in [2.75, 3.05) is 13.2 Å². The Morgan fingerprint density at radius 1 is 1.06 bits per heavy atom. The van der Waals surface area contributed by atoms with Gasteiger partial charge in [0.25, 0.3) is 0 Å². The zero-order chi connectivity index (χ0) is 25.3. The molecular formula is C27H32F3NO4. The van der Waals surface area contributed by atoms with Crippen LogP contribution in [0.2, 0.25) is 0 Å². The fourth-order valence-electron chi connectivity index (χ4n) is 4.18. The summed E-state index contributed by atoms with van der Waals surface area (Å²) in [5, 5.41) is 4.40. The van der Waals surface area contributed by atoms with Gasteiger partial charge in [0.05, 0.1) is 17.9 Å². The molecule has 0 radical (unpaired) electrons. The Labute approximate surface area is 204 Å². The summed E-state index contributed by atoms with van der Waals surface area (Å²) in [5.74, 6) is 0.675. The number of hydrogen-bond donors (Lipinski definition) is 0. The Morgan fingerprint density at radius 2 is 1.77 bits per heavy atom. The highest BCUT2D eigenvalue weighted by Gasteiger charge is 2.29. The molecule has 0 amide bonds. The molecule has 0 aromatic heterocycles. The normalized spacial score (nSPS) is 15.1. The van der Waals surface area contributed by atoms with E-state index >= 15 is 0 Å². The van der Waals surface area contributed by atoms with Gasteiger partial charge < -0.3 is 14.3 Å². The number of alkyl halides is 3. The lowest BCUT2D eigenvalue weighted by Crippen LogP contribution is -2.16. The first-order chi connectivity index (χ1) is 16.8. The Balaban J connectivity index is 1.71. The maximum atomic E-state index is 12.8. The number of carbonyl (C=O) groups is 1. The van der Waals surface area contributed by atoms with Crippen molar-refractivity contribution in [3.8, 4) is 5.75 Å². The highest BCUT2D eigenvalue weighted by Crippen LogP contribution is 2.30. The number of nitrogens with zero attached hydrogens (tertiary/aromatic N) is 1. The first-order valence-corrected chi connectivity index (χ1v) is 12.0. The average molecular weight is 492 g/mol. The molecule has 0 saturated heterocycles. The monoisotopic (exact) mass is 491 g/mol. The van der Waals surface area contributed by atoms with Crippen molar-refractivity contribution < 1.29 is 32.3 Å². The minimum Gasteiger partial charge on any atom is -0.482 e. The number of halogens is 3. The van der Waals surface area contributed by atoms with Gasteiger partial charge in [-0.2, -0.15) is 13.2 Å². The van der Waals surface area contributed by atoms with E-state index in [4.69, 9.17) is 14.3 Å². The molecule has 0 N–H and O–H groups in total. The van der Waals surface area contributed by atoms with Gasteiger partial charge in [0.15, 0.2) is 6.61 Å². The van der Waals surface area contributed by atoms with Gasteiger partial charge in [-0.1, -0.05) is 49.4 Å². The van der Waals surface area contributed by atoms with Crippen LogP contribution in [-0.4, -0.2) is 24.9 Å². The van der Waals surface area contributed by atoms with E-state index in [1.54, 1.807) is 13.0 Å². The van der Waals surface area contributed by atoms with Crippen molar-refractivity contribution in [2.24, 2.45) is 11.1 Å². The smallest absolute Gasteiger partial charge is 0.416 e. The maximum absolute atomic E-state index is 12.8. The number of rotatable bonds is 10. The van der Waals surface area contributed by atoms with E-state index in [0.717, 1.165) is 48.2 Å². The lowest BCUT2D eigenvalue weighted by molar-refractivity contribution is -0.145. The van der Waals surface area contributed by atoms with E-state index in [1.807, 2.05) is 19.1 Å². The number of hydrogen-bond acceptors (Lipinski definition) is 5. The van der Waals surface area contributed by atoms with Crippen LogP contribution >= 0.6 is 0 Å². The molecule has 1 fully saturated rings. The predicted molar refractivity (Wildman–Crippen MR) is 127 cm³/mol. The van der Waals surface area contributed by atoms with E-state index < -0.39 is 17.7 Å². The van der Waals surface area contributed by atoms with Gasteiger partial charge in [-0.3, -0.25) is 0 Å². The summed E-state index contributed by atoms with van der Waals surface area (Å²) in [4.78, 5) is 17.2. The van der Waals surface area contributed by atoms with Crippen molar-refractivity contribution >= 4 is 11.7 Å². The van der Waals surface area contributed by atoms with Gasteiger partial charge in [0, 0.05) is 0 Å². The third-order valence-electron chi connectivity index (χ3n) is 6.05. The topological polar surface area (TPSA) is 57.1 Å². The van der Waals surface area contributed by atoms with Gasteiger partial charge in [-0.15, -0.1) is 0 Å². The predicted octanol–water partition coefficient (Wildman–Crippen LogP) is 6.85. The van der Waals surface area contributed by atoms with Gasteiger partial charge in [0.1, 0.15) is 12.4 Å². The summed E-state index contributed by atoms with van der Waals surface area (Å²) < 4.78 is 48.8. The zero-order valence-corrected chi connectivity index (χ0v) is 20.2. The molecule has 1 aliphatic carbocycles. The van der Waals surface area contributed by atoms with Gasteiger partial charge in [0.2, 0.25) is 0 Å². The van der Waals surface area contributed by atoms with Crippen LogP contribution in [0.5, 0.6) is 5.75 Å². The molecule has 190 valence electrons. The number of ether oxygens (including phenoxy) is 2. The highest BCUT2D eigenvalue weighted by atomic mass is 19.4. The number of aryl methyl sites for hydroxylation is 1. The SMILES string of the molecule is CCOC(=O)COc1ccc(C(CC2CCCCC2)=NOCc2ccc(C(F)(F)F)cc2)cc1C. The third kappa shape index (κ3) is 8.30. The van der Waals surface area contributed by atoms with Crippen molar-refractivity contribution in [1.29, 1.82) is 0 Å². The maximum Gasteiger partial charge on any atom is 0.416 e. The van der Waals surface area contributed by atoms with Crippen molar-refractivity contribution in [3.05, 3.63) is 64.7 Å². The molecule has 3 rings (SSSR count). The minimum absolute atomic E-state index is 0.0754. The Bertz CT molecular complexity index is 996. The molecule has 1 aliphatic rings. The highest BCUT2D eigenvalue weighted by molar-refractivity contribution is 6.00. The number of oxime groups is 1. The van der Waals surface area contributed by atoms with Crippen LogP contribution in [0.15, 0.2) is 47.6 Å². The molecule has 0 heterocycles. The molecule has 2 aromatic carbocycles. The zero-order valence-electron chi connectivity index (χ0n) is 20.2. The fraction of sp³-hybridized carbons (Fsp3) is 0.481. The van der Waals surface area contributed by atoms with E-state index in [9.17, 15) is 18.0 Å². The summed E-state index contributed by atoms with van der Waals surface area (Å²) in [6.07, 6.45) is 2.31. The number of benzene rings is 2. The molecule has 35 heavy (non-hydrogen) atoms. The lowest BCUT2D eigenvalue weighted by Gasteiger charge is -2.22. The number of esters is 1. The van der Waals surface area contributed by atoms with Crippen molar-refractivity contribution in [1.82, 2.24) is 0 Å². The molecule has 2 aromatic rings. The largest absolute Gasteiger partial charge is 0.482 e. The van der Waals surface area contributed by atoms with Crippen LogP contribution < -0.4 is 4.74 Å². The molecule has 5 nitrogen and oxygen atoms in total. The second-order valence-corrected chi connectivity index (χ2v) is 8.79. The molecule has 8 heteroatoms. The summed E-state index contributed by atoms with van der Waals surface area (Å²) in [7, 11) is 0. The average Bonchev–Trinajstić information content (AvgIpc) is 2.83. The molecule has 0 aliphatic heterocycles. The molecule has 0 bridgehead atoms. The van der Waals surface area contributed by atoms with Crippen LogP contribution in [0.3, 0.4) is 0 Å². The van der Waals surface area contributed by atoms with Crippen LogP contribution in [0.25, 0.3) is 0 Å². The molecule has 0 atom stereocenters. The van der Waals surface area contributed by atoms with E-state index in [0.29, 0.717) is 23.8 Å². The number of carbonyl (C=O) groups excluding carboxylic acids is 1. The Hall–Kier alpha value is -3.03. The lowest BCUT2D eigenvalue weighted by atomic mass is 9.84. The van der Waals surface area contributed by atoms with Gasteiger partial charge >= 0.3 is 12.1 Å². The van der Waals surface area contributed by atoms with Crippen molar-refractivity contribution in [2.45, 2.75) is 65.2 Å². The van der Waals surface area contributed by atoms with Gasteiger partial charge in [-0.25, -0.2) is 4.79 Å². The van der Waals surface area contributed by atoms with E-state index in [2.05, 4.69) is 5.16 Å². The van der Waals surface area contributed by atoms with Crippen LogP contribution in [-0.2, 0) is 27.2 Å². The molecule has 1 saturated carbocycles. The summed E-state index contributed by atoms with van der Waals surface area (Å²) in [6.45, 7) is 3.85. The Kier molecular flexibility index (Phi) is 9.57. The molecule has 0 unspecified atom stereocenters. The first-order valence-electron chi connectivity index (χ1n) is 12.0. The second-order valence-electron chi connectivity index (χ2n) is 8.79. The standard InChI is InChI=1S/C27H32F3NO4/c1-3-33-26(32)18-34-25-14-11-22(15-19(25)2)24(16-20-7-5-4-6-8-20)31-35-17-21-9-12-23(13-10-21)27(28,29)30/h9-15,20H,3-8,16-18H2,1-2H3. The van der Waals surface area contributed by atoms with Crippen LogP contribution in [0.1, 0.15) is 67.7 Å². The quantitative estimate of drug-likeness (QED) is 0.207. The van der Waals surface area contributed by atoms with E-state index in [1.165, 1.54) is 31.4 Å². The third-order valence-corrected chi connectivity index (χ3v) is 6.05. The minimum atomic E-state index is -4.37. The van der Waals surface area contributed by atoms with E-state index in [-0.39, 0.29) is 13.2 Å². The van der Waals surface area contributed by atoms with Gasteiger partial charge in [-0.05, 0) is 73.2 Å². The summed E-state index contributed by atoms with van der Waals surface area (Å²) in [5.41, 5.74) is 2.46. The summed E-state index contributed by atoms with van der Waals surface area (Å²) >= 11 is 0. The van der Waals surface area contributed by atoms with Crippen LogP contribution in [0, 0.1) is 12.8 Å². The Morgan fingerprint density at radius 3 is 2.40 bits per heavy atom.